The number of hydrogen-bond donors (Lipinski definition) is 0. The molecular formula is C14H14ClFN2. The summed E-state index contributed by atoms with van der Waals surface area (Å²) in [6, 6.07) is 8.29. The summed E-state index contributed by atoms with van der Waals surface area (Å²) < 4.78 is 13.2. The molecule has 94 valence electrons. The predicted molar refractivity (Wildman–Crippen MR) is 72.0 cm³/mol. The number of hydrogen-bond acceptors (Lipinski definition) is 2. The van der Waals surface area contributed by atoms with Gasteiger partial charge in [-0.15, -0.1) is 0 Å². The van der Waals surface area contributed by atoms with E-state index in [4.69, 9.17) is 11.6 Å². The van der Waals surface area contributed by atoms with Gasteiger partial charge in [-0.3, -0.25) is 4.98 Å². The van der Waals surface area contributed by atoms with Gasteiger partial charge in [0.05, 0.1) is 5.69 Å². The highest BCUT2D eigenvalue weighted by atomic mass is 35.5. The monoisotopic (exact) mass is 264 g/mol. The maximum atomic E-state index is 13.2. The first-order valence-electron chi connectivity index (χ1n) is 5.61. The van der Waals surface area contributed by atoms with E-state index in [1.54, 1.807) is 12.3 Å². The molecule has 1 aromatic carbocycles. The zero-order valence-corrected chi connectivity index (χ0v) is 11.1. The minimum absolute atomic E-state index is 0.350. The van der Waals surface area contributed by atoms with Crippen LogP contribution in [0.25, 0.3) is 11.3 Å². The van der Waals surface area contributed by atoms with Gasteiger partial charge in [0.1, 0.15) is 5.82 Å². The molecule has 0 spiro atoms. The molecule has 0 saturated heterocycles. The normalized spacial score (nSPS) is 10.9. The maximum absolute atomic E-state index is 13.2. The number of aromatic nitrogens is 1. The van der Waals surface area contributed by atoms with E-state index in [0.29, 0.717) is 10.6 Å². The Morgan fingerprint density at radius 1 is 1.22 bits per heavy atom. The molecule has 0 radical (unpaired) electrons. The largest absolute Gasteiger partial charge is 0.305 e. The summed E-state index contributed by atoms with van der Waals surface area (Å²) in [5.41, 5.74) is 2.53. The Morgan fingerprint density at radius 2 is 2.00 bits per heavy atom. The summed E-state index contributed by atoms with van der Waals surface area (Å²) in [5, 5.41) is 0.379. The van der Waals surface area contributed by atoms with E-state index in [9.17, 15) is 4.39 Å². The summed E-state index contributed by atoms with van der Waals surface area (Å²) in [6.07, 6.45) is 1.80. The molecule has 0 amide bonds. The second-order valence-corrected chi connectivity index (χ2v) is 4.88. The Kier molecular flexibility index (Phi) is 3.94. The zero-order valence-electron chi connectivity index (χ0n) is 10.3. The van der Waals surface area contributed by atoms with E-state index in [1.807, 2.05) is 26.2 Å². The van der Waals surface area contributed by atoms with Crippen LogP contribution in [0.3, 0.4) is 0 Å². The van der Waals surface area contributed by atoms with Crippen LogP contribution in [0.2, 0.25) is 5.02 Å². The van der Waals surface area contributed by atoms with E-state index < -0.39 is 0 Å². The number of pyridine rings is 1. The van der Waals surface area contributed by atoms with Gasteiger partial charge in [-0.1, -0.05) is 17.7 Å². The van der Waals surface area contributed by atoms with Crippen molar-refractivity contribution < 1.29 is 4.39 Å². The Balaban J connectivity index is 2.28. The van der Waals surface area contributed by atoms with Crippen LogP contribution in [0.5, 0.6) is 0 Å². The van der Waals surface area contributed by atoms with Crippen LogP contribution in [-0.4, -0.2) is 24.0 Å². The Bertz CT molecular complexity index is 518. The van der Waals surface area contributed by atoms with Gasteiger partial charge in [-0.25, -0.2) is 4.39 Å². The molecule has 0 saturated carbocycles. The van der Waals surface area contributed by atoms with E-state index >= 15 is 0 Å². The fourth-order valence-corrected chi connectivity index (χ4v) is 1.98. The standard InChI is InChI=1S/C14H14ClFN2/c1-18(2)9-10-3-4-14(17-8-10)11-5-12(15)7-13(16)6-11/h3-8H,9H2,1-2H3. The maximum Gasteiger partial charge on any atom is 0.125 e. The van der Waals surface area contributed by atoms with Crippen LogP contribution in [0, 0.1) is 5.82 Å². The molecule has 2 aromatic rings. The fourth-order valence-electron chi connectivity index (χ4n) is 1.76. The molecule has 0 N–H and O–H groups in total. The molecule has 2 rings (SSSR count). The highest BCUT2D eigenvalue weighted by molar-refractivity contribution is 6.30. The van der Waals surface area contributed by atoms with Gasteiger partial charge < -0.3 is 4.90 Å². The van der Waals surface area contributed by atoms with E-state index in [0.717, 1.165) is 17.8 Å². The SMILES string of the molecule is CN(C)Cc1ccc(-c2cc(F)cc(Cl)c2)nc1. The third-order valence-electron chi connectivity index (χ3n) is 2.48. The second-order valence-electron chi connectivity index (χ2n) is 4.45. The second kappa shape index (κ2) is 5.46. The van der Waals surface area contributed by atoms with Crippen LogP contribution in [0.1, 0.15) is 5.56 Å². The summed E-state index contributed by atoms with van der Waals surface area (Å²) in [7, 11) is 4.00. The fraction of sp³-hybridized carbons (Fsp3) is 0.214. The Morgan fingerprint density at radius 3 is 2.56 bits per heavy atom. The van der Waals surface area contributed by atoms with Gasteiger partial charge in [-0.05, 0) is 43.9 Å². The molecule has 1 aromatic heterocycles. The number of rotatable bonds is 3. The molecule has 0 fully saturated rings. The molecule has 1 heterocycles. The minimum atomic E-state index is -0.350. The van der Waals surface area contributed by atoms with Gasteiger partial charge in [0, 0.05) is 23.3 Å². The van der Waals surface area contributed by atoms with Crippen LogP contribution < -0.4 is 0 Å². The van der Waals surface area contributed by atoms with Crippen molar-refractivity contribution in [2.24, 2.45) is 0 Å². The third kappa shape index (κ3) is 3.28. The van der Waals surface area contributed by atoms with Gasteiger partial charge in [-0.2, -0.15) is 0 Å². The lowest BCUT2D eigenvalue weighted by Crippen LogP contribution is -2.10. The molecule has 2 nitrogen and oxygen atoms in total. The highest BCUT2D eigenvalue weighted by Gasteiger charge is 2.04. The number of halogens is 2. The lowest BCUT2D eigenvalue weighted by Gasteiger charge is -2.09. The first-order valence-corrected chi connectivity index (χ1v) is 5.98. The van der Waals surface area contributed by atoms with Crippen LogP contribution >= 0.6 is 11.6 Å². The van der Waals surface area contributed by atoms with Crippen molar-refractivity contribution in [3.8, 4) is 11.3 Å². The molecule has 0 unspecified atom stereocenters. The number of nitrogens with zero attached hydrogens (tertiary/aromatic N) is 2. The molecule has 0 bridgehead atoms. The van der Waals surface area contributed by atoms with Crippen molar-refractivity contribution >= 4 is 11.6 Å². The van der Waals surface area contributed by atoms with E-state index in [1.165, 1.54) is 12.1 Å². The van der Waals surface area contributed by atoms with Crippen LogP contribution in [-0.2, 0) is 6.54 Å². The Labute approximate surface area is 111 Å². The first-order chi connectivity index (χ1) is 8.54. The zero-order chi connectivity index (χ0) is 13.1. The van der Waals surface area contributed by atoms with Crippen LogP contribution in [0.15, 0.2) is 36.5 Å². The first kappa shape index (κ1) is 13.0. The molecule has 0 aliphatic rings. The topological polar surface area (TPSA) is 16.1 Å². The van der Waals surface area contributed by atoms with Gasteiger partial charge in [0.25, 0.3) is 0 Å². The summed E-state index contributed by atoms with van der Waals surface area (Å²) >= 11 is 5.83. The third-order valence-corrected chi connectivity index (χ3v) is 2.70. The van der Waals surface area contributed by atoms with Crippen molar-refractivity contribution in [2.45, 2.75) is 6.54 Å². The smallest absolute Gasteiger partial charge is 0.125 e. The van der Waals surface area contributed by atoms with Gasteiger partial charge >= 0.3 is 0 Å². The molecule has 0 atom stereocenters. The van der Waals surface area contributed by atoms with Gasteiger partial charge in [0.15, 0.2) is 0 Å². The average Bonchev–Trinajstić information content (AvgIpc) is 2.27. The highest BCUT2D eigenvalue weighted by Crippen LogP contribution is 2.22. The van der Waals surface area contributed by atoms with Crippen molar-refractivity contribution in [3.05, 3.63) is 52.9 Å². The quantitative estimate of drug-likeness (QED) is 0.842. The van der Waals surface area contributed by atoms with Crippen molar-refractivity contribution in [2.75, 3.05) is 14.1 Å². The lowest BCUT2D eigenvalue weighted by atomic mass is 10.1. The molecule has 18 heavy (non-hydrogen) atoms. The predicted octanol–water partition coefficient (Wildman–Crippen LogP) is 3.60. The summed E-state index contributed by atoms with van der Waals surface area (Å²) in [6.45, 7) is 0.831. The van der Waals surface area contributed by atoms with Crippen molar-refractivity contribution in [1.82, 2.24) is 9.88 Å². The van der Waals surface area contributed by atoms with Crippen molar-refractivity contribution in [3.63, 3.8) is 0 Å². The lowest BCUT2D eigenvalue weighted by molar-refractivity contribution is 0.402. The summed E-state index contributed by atoms with van der Waals surface area (Å²) in [4.78, 5) is 6.40. The van der Waals surface area contributed by atoms with Gasteiger partial charge in [0.2, 0.25) is 0 Å². The Hall–Kier alpha value is -1.45. The average molecular weight is 265 g/mol. The molecule has 0 aliphatic carbocycles. The molecule has 4 heteroatoms. The van der Waals surface area contributed by atoms with Crippen LogP contribution in [0.4, 0.5) is 4.39 Å². The minimum Gasteiger partial charge on any atom is -0.305 e. The summed E-state index contributed by atoms with van der Waals surface area (Å²) in [5.74, 6) is -0.350. The van der Waals surface area contributed by atoms with E-state index in [-0.39, 0.29) is 5.82 Å². The molecule has 0 aliphatic heterocycles. The van der Waals surface area contributed by atoms with Crippen molar-refractivity contribution in [1.29, 1.82) is 0 Å². The number of benzene rings is 1. The van der Waals surface area contributed by atoms with E-state index in [2.05, 4.69) is 9.88 Å². The molecular weight excluding hydrogens is 251 g/mol.